The van der Waals surface area contributed by atoms with E-state index in [1.54, 1.807) is 13.8 Å². The summed E-state index contributed by atoms with van der Waals surface area (Å²) in [5.74, 6) is 0.351. The lowest BCUT2D eigenvalue weighted by atomic mass is 10.4. The van der Waals surface area contributed by atoms with Gasteiger partial charge in [-0.3, -0.25) is 5.32 Å². The topological polar surface area (TPSA) is 102 Å². The molecule has 2 aromatic heterocycles. The van der Waals surface area contributed by atoms with Crippen LogP contribution in [0.15, 0.2) is 0 Å². The molecular weight excluding hydrogens is 368 g/mol. The molecular formula is C14H17ClN6O3S. The maximum absolute atomic E-state index is 11.9. The number of carbonyl (C=O) groups excluding carboxylic acids is 1. The van der Waals surface area contributed by atoms with Crippen molar-refractivity contribution in [2.24, 2.45) is 0 Å². The van der Waals surface area contributed by atoms with Gasteiger partial charge in [-0.1, -0.05) is 11.3 Å². The number of nitrogens with one attached hydrogen (secondary N) is 1. The Hall–Kier alpha value is -2.04. The Morgan fingerprint density at radius 2 is 2.08 bits per heavy atom. The summed E-state index contributed by atoms with van der Waals surface area (Å²) in [5.41, 5.74) is 0.583. The van der Waals surface area contributed by atoms with Gasteiger partial charge >= 0.3 is 5.97 Å². The summed E-state index contributed by atoms with van der Waals surface area (Å²) >= 11 is 7.19. The van der Waals surface area contributed by atoms with E-state index in [9.17, 15) is 4.79 Å². The molecule has 1 fully saturated rings. The van der Waals surface area contributed by atoms with Gasteiger partial charge in [0.05, 0.1) is 25.5 Å². The first-order valence-electron chi connectivity index (χ1n) is 7.72. The molecule has 1 aliphatic heterocycles. The summed E-state index contributed by atoms with van der Waals surface area (Å²) in [6.07, 6.45) is 0. The van der Waals surface area contributed by atoms with Crippen molar-refractivity contribution in [2.75, 3.05) is 43.1 Å². The zero-order chi connectivity index (χ0) is 17.8. The van der Waals surface area contributed by atoms with Crippen LogP contribution in [0.2, 0.25) is 5.28 Å². The van der Waals surface area contributed by atoms with Gasteiger partial charge in [0.2, 0.25) is 17.2 Å². The molecule has 0 atom stereocenters. The van der Waals surface area contributed by atoms with E-state index in [0.717, 1.165) is 0 Å². The smallest absolute Gasteiger partial charge is 0.350 e. The molecule has 1 aliphatic rings. The van der Waals surface area contributed by atoms with E-state index >= 15 is 0 Å². The number of aromatic nitrogens is 4. The quantitative estimate of drug-likeness (QED) is 0.775. The first-order chi connectivity index (χ1) is 12.1. The molecule has 0 saturated carbocycles. The standard InChI is InChI=1S/C14H17ClN6O3S/c1-3-24-10(22)9-8(2)16-14(25-9)20-12-17-11(15)18-13(19-12)21-4-6-23-7-5-21/h3-7H2,1-2H3,(H,16,17,18,19,20). The van der Waals surface area contributed by atoms with Crippen LogP contribution in [0.25, 0.3) is 0 Å². The first kappa shape index (κ1) is 17.8. The summed E-state index contributed by atoms with van der Waals surface area (Å²) in [6, 6.07) is 0. The van der Waals surface area contributed by atoms with Gasteiger partial charge in [0.15, 0.2) is 5.13 Å². The van der Waals surface area contributed by atoms with Gasteiger partial charge in [0.1, 0.15) is 4.88 Å². The van der Waals surface area contributed by atoms with Gasteiger partial charge in [-0.15, -0.1) is 0 Å². The van der Waals surface area contributed by atoms with Crippen LogP contribution in [0.4, 0.5) is 17.0 Å². The van der Waals surface area contributed by atoms with Crippen molar-refractivity contribution >= 4 is 45.9 Å². The van der Waals surface area contributed by atoms with Crippen molar-refractivity contribution < 1.29 is 14.3 Å². The van der Waals surface area contributed by atoms with Crippen LogP contribution in [-0.2, 0) is 9.47 Å². The maximum atomic E-state index is 11.9. The number of halogens is 1. The summed E-state index contributed by atoms with van der Waals surface area (Å²) in [6.45, 7) is 6.40. The van der Waals surface area contributed by atoms with Crippen molar-refractivity contribution in [3.8, 4) is 0 Å². The van der Waals surface area contributed by atoms with Gasteiger partial charge in [-0.25, -0.2) is 9.78 Å². The van der Waals surface area contributed by atoms with Gasteiger partial charge in [-0.05, 0) is 25.4 Å². The lowest BCUT2D eigenvalue weighted by Gasteiger charge is -2.26. The minimum absolute atomic E-state index is 0.0814. The Morgan fingerprint density at radius 3 is 2.80 bits per heavy atom. The molecule has 9 nitrogen and oxygen atoms in total. The van der Waals surface area contributed by atoms with E-state index in [2.05, 4.69) is 25.3 Å². The van der Waals surface area contributed by atoms with E-state index in [1.807, 2.05) is 4.90 Å². The summed E-state index contributed by atoms with van der Waals surface area (Å²) < 4.78 is 10.3. The predicted molar refractivity (Wildman–Crippen MR) is 94.0 cm³/mol. The first-order valence-corrected chi connectivity index (χ1v) is 8.92. The number of thiazole rings is 1. The summed E-state index contributed by atoms with van der Waals surface area (Å²) in [7, 11) is 0. The number of morpholine rings is 1. The molecule has 0 aromatic carbocycles. The molecule has 0 radical (unpaired) electrons. The third-order valence-electron chi connectivity index (χ3n) is 3.37. The van der Waals surface area contributed by atoms with Gasteiger partial charge in [-0.2, -0.15) is 15.0 Å². The largest absolute Gasteiger partial charge is 0.462 e. The Morgan fingerprint density at radius 1 is 1.32 bits per heavy atom. The van der Waals surface area contributed by atoms with Crippen LogP contribution >= 0.6 is 22.9 Å². The number of hydrogen-bond donors (Lipinski definition) is 1. The molecule has 2 aromatic rings. The van der Waals surface area contributed by atoms with Crippen molar-refractivity contribution in [3.63, 3.8) is 0 Å². The zero-order valence-electron chi connectivity index (χ0n) is 13.8. The highest BCUT2D eigenvalue weighted by Crippen LogP contribution is 2.26. The van der Waals surface area contributed by atoms with Crippen molar-refractivity contribution in [3.05, 3.63) is 15.9 Å². The molecule has 3 rings (SSSR count). The Bertz CT molecular complexity index is 765. The lowest BCUT2D eigenvalue weighted by molar-refractivity contribution is 0.0531. The number of rotatable bonds is 5. The SMILES string of the molecule is CCOC(=O)c1sc(Nc2nc(Cl)nc(N3CCOCC3)n2)nc1C. The number of ether oxygens (including phenoxy) is 2. The van der Waals surface area contributed by atoms with Gasteiger partial charge in [0, 0.05) is 13.1 Å². The Balaban J connectivity index is 1.79. The molecule has 0 spiro atoms. The van der Waals surface area contributed by atoms with Gasteiger partial charge in [0.25, 0.3) is 0 Å². The fourth-order valence-corrected chi connectivity index (χ4v) is 3.24. The number of anilines is 3. The minimum atomic E-state index is -0.395. The van der Waals surface area contributed by atoms with E-state index < -0.39 is 5.97 Å². The number of esters is 1. The second-order valence-electron chi connectivity index (χ2n) is 5.11. The molecule has 0 aliphatic carbocycles. The molecule has 0 amide bonds. The van der Waals surface area contributed by atoms with Crippen LogP contribution in [-0.4, -0.2) is 58.8 Å². The molecule has 3 heterocycles. The maximum Gasteiger partial charge on any atom is 0.350 e. The average molecular weight is 385 g/mol. The van der Waals surface area contributed by atoms with Crippen LogP contribution < -0.4 is 10.2 Å². The summed E-state index contributed by atoms with van der Waals surface area (Å²) in [4.78, 5) is 31.2. The normalized spacial score (nSPS) is 14.4. The second-order valence-corrected chi connectivity index (χ2v) is 6.44. The van der Waals surface area contributed by atoms with Crippen molar-refractivity contribution in [2.45, 2.75) is 13.8 Å². The molecule has 11 heteroatoms. The fourth-order valence-electron chi connectivity index (χ4n) is 2.23. The van der Waals surface area contributed by atoms with E-state index in [-0.39, 0.29) is 11.2 Å². The Labute approximate surface area is 153 Å². The number of hydrogen-bond acceptors (Lipinski definition) is 10. The number of carbonyl (C=O) groups is 1. The fraction of sp³-hybridized carbons (Fsp3) is 0.500. The highest BCUT2D eigenvalue weighted by atomic mass is 35.5. The van der Waals surface area contributed by atoms with Crippen LogP contribution in [0.3, 0.4) is 0 Å². The third kappa shape index (κ3) is 4.33. The highest BCUT2D eigenvalue weighted by Gasteiger charge is 2.19. The van der Waals surface area contributed by atoms with Crippen LogP contribution in [0.5, 0.6) is 0 Å². The van der Waals surface area contributed by atoms with Crippen molar-refractivity contribution in [1.29, 1.82) is 0 Å². The highest BCUT2D eigenvalue weighted by molar-refractivity contribution is 7.17. The van der Waals surface area contributed by atoms with E-state index in [4.69, 9.17) is 21.1 Å². The van der Waals surface area contributed by atoms with Crippen LogP contribution in [0, 0.1) is 6.92 Å². The monoisotopic (exact) mass is 384 g/mol. The molecule has 1 N–H and O–H groups in total. The second kappa shape index (κ2) is 7.89. The molecule has 0 bridgehead atoms. The van der Waals surface area contributed by atoms with E-state index in [1.165, 1.54) is 11.3 Å². The molecule has 0 unspecified atom stereocenters. The number of aryl methyl sites for hydroxylation is 1. The van der Waals surface area contributed by atoms with Crippen LogP contribution in [0.1, 0.15) is 22.3 Å². The predicted octanol–water partition coefficient (Wildman–Crippen LogP) is 2.05. The molecule has 25 heavy (non-hydrogen) atoms. The Kier molecular flexibility index (Phi) is 5.61. The van der Waals surface area contributed by atoms with Crippen molar-refractivity contribution in [1.82, 2.24) is 19.9 Å². The minimum Gasteiger partial charge on any atom is -0.462 e. The molecule has 1 saturated heterocycles. The molecule has 134 valence electrons. The lowest BCUT2D eigenvalue weighted by Crippen LogP contribution is -2.37. The zero-order valence-corrected chi connectivity index (χ0v) is 15.4. The van der Waals surface area contributed by atoms with E-state index in [0.29, 0.717) is 54.6 Å². The average Bonchev–Trinajstić information content (AvgIpc) is 2.96. The number of nitrogens with zero attached hydrogens (tertiary/aromatic N) is 5. The third-order valence-corrected chi connectivity index (χ3v) is 4.59. The van der Waals surface area contributed by atoms with Gasteiger partial charge < -0.3 is 14.4 Å². The summed E-state index contributed by atoms with van der Waals surface area (Å²) in [5, 5.41) is 3.54.